The SMILES string of the molecule is CNC[C@@H](O)COc1ccc(Cl)c(-c2nc(-c3c(C)noc3C)c(C)c(N3CC4(CCN(C(=O)OC(C)C)C4)C3)n2)c1. The number of likely N-dealkylation sites (N-methyl/N-ethyl adjacent to an activating group) is 1. The topological polar surface area (TPSA) is 126 Å². The van der Waals surface area contributed by atoms with Gasteiger partial charge in [-0.3, -0.25) is 0 Å². The summed E-state index contributed by atoms with van der Waals surface area (Å²) in [6.07, 6.45) is -0.141. The Morgan fingerprint density at radius 3 is 2.64 bits per heavy atom. The van der Waals surface area contributed by atoms with Crippen molar-refractivity contribution in [2.45, 2.75) is 53.2 Å². The number of aromatic nitrogens is 3. The fourth-order valence-corrected chi connectivity index (χ4v) is 5.99. The summed E-state index contributed by atoms with van der Waals surface area (Å²) in [7, 11) is 1.77. The van der Waals surface area contributed by atoms with Crippen molar-refractivity contribution in [3.8, 4) is 28.4 Å². The van der Waals surface area contributed by atoms with Crippen LogP contribution in [0, 0.1) is 26.2 Å². The Balaban J connectivity index is 1.47. The quantitative estimate of drug-likeness (QED) is 0.366. The lowest BCUT2D eigenvalue weighted by Crippen LogP contribution is -2.58. The van der Waals surface area contributed by atoms with Crippen molar-refractivity contribution < 1.29 is 23.9 Å². The number of halogens is 1. The molecule has 1 amide bonds. The molecule has 2 aromatic heterocycles. The molecule has 0 saturated carbocycles. The highest BCUT2D eigenvalue weighted by Gasteiger charge is 2.50. The van der Waals surface area contributed by atoms with Gasteiger partial charge in [-0.05, 0) is 66.3 Å². The first kappa shape index (κ1) is 30.1. The molecule has 1 aromatic carbocycles. The van der Waals surface area contributed by atoms with Gasteiger partial charge in [0.05, 0.1) is 28.1 Å². The fourth-order valence-electron chi connectivity index (χ4n) is 5.79. The van der Waals surface area contributed by atoms with Gasteiger partial charge >= 0.3 is 6.09 Å². The number of aryl methyl sites for hydroxylation is 2. The molecule has 226 valence electrons. The van der Waals surface area contributed by atoms with E-state index in [1.54, 1.807) is 25.2 Å². The van der Waals surface area contributed by atoms with Crippen molar-refractivity contribution in [2.24, 2.45) is 5.41 Å². The molecule has 1 spiro atoms. The highest BCUT2D eigenvalue weighted by molar-refractivity contribution is 6.33. The summed E-state index contributed by atoms with van der Waals surface area (Å²) < 4.78 is 16.8. The van der Waals surface area contributed by atoms with Gasteiger partial charge < -0.3 is 34.2 Å². The lowest BCUT2D eigenvalue weighted by atomic mass is 9.79. The monoisotopic (exact) mass is 598 g/mol. The first-order valence-corrected chi connectivity index (χ1v) is 14.7. The average Bonchev–Trinajstić information content (AvgIpc) is 3.51. The minimum atomic E-state index is -0.653. The number of aliphatic hydroxyl groups excluding tert-OH is 1. The van der Waals surface area contributed by atoms with Crippen LogP contribution in [-0.2, 0) is 4.74 Å². The third-order valence-electron chi connectivity index (χ3n) is 7.84. The second-order valence-corrected chi connectivity index (χ2v) is 12.1. The second kappa shape index (κ2) is 12.1. The van der Waals surface area contributed by atoms with Crippen molar-refractivity contribution in [3.05, 3.63) is 40.2 Å². The zero-order valence-corrected chi connectivity index (χ0v) is 25.8. The molecule has 2 fully saturated rings. The van der Waals surface area contributed by atoms with Gasteiger partial charge in [0.25, 0.3) is 0 Å². The van der Waals surface area contributed by atoms with Crippen molar-refractivity contribution in [3.63, 3.8) is 0 Å². The van der Waals surface area contributed by atoms with E-state index in [-0.39, 0.29) is 24.2 Å². The number of likely N-dealkylation sites (tertiary alicyclic amines) is 1. The van der Waals surface area contributed by atoms with Crippen LogP contribution in [0.15, 0.2) is 22.7 Å². The number of rotatable bonds is 9. The van der Waals surface area contributed by atoms with Gasteiger partial charge in [-0.1, -0.05) is 16.8 Å². The number of hydrogen-bond donors (Lipinski definition) is 2. The van der Waals surface area contributed by atoms with Crippen molar-refractivity contribution in [2.75, 3.05) is 51.3 Å². The van der Waals surface area contributed by atoms with E-state index in [1.165, 1.54) is 0 Å². The van der Waals surface area contributed by atoms with Crippen molar-refractivity contribution in [1.29, 1.82) is 0 Å². The number of nitrogens with one attached hydrogen (secondary N) is 1. The molecule has 0 aliphatic carbocycles. The summed E-state index contributed by atoms with van der Waals surface area (Å²) in [5, 5.41) is 17.7. The Hall–Kier alpha value is -3.41. The summed E-state index contributed by atoms with van der Waals surface area (Å²) in [6.45, 7) is 12.9. The van der Waals surface area contributed by atoms with Crippen LogP contribution in [0.5, 0.6) is 5.75 Å². The molecular weight excluding hydrogens is 560 g/mol. The smallest absolute Gasteiger partial charge is 0.410 e. The van der Waals surface area contributed by atoms with E-state index in [2.05, 4.69) is 15.4 Å². The highest BCUT2D eigenvalue weighted by Crippen LogP contribution is 2.44. The molecule has 42 heavy (non-hydrogen) atoms. The number of carbonyl (C=O) groups is 1. The minimum absolute atomic E-state index is 0.00364. The van der Waals surface area contributed by atoms with Crippen LogP contribution in [0.3, 0.4) is 0 Å². The Labute approximate surface area is 251 Å². The van der Waals surface area contributed by atoms with E-state index < -0.39 is 6.10 Å². The maximum atomic E-state index is 12.5. The first-order chi connectivity index (χ1) is 20.0. The summed E-state index contributed by atoms with van der Waals surface area (Å²) >= 11 is 6.69. The maximum Gasteiger partial charge on any atom is 0.410 e. The van der Waals surface area contributed by atoms with Crippen LogP contribution in [0.1, 0.15) is 37.3 Å². The van der Waals surface area contributed by atoms with Gasteiger partial charge in [-0.2, -0.15) is 0 Å². The predicted molar refractivity (Wildman–Crippen MR) is 160 cm³/mol. The van der Waals surface area contributed by atoms with E-state index in [9.17, 15) is 9.90 Å². The molecule has 2 saturated heterocycles. The first-order valence-electron chi connectivity index (χ1n) is 14.3. The number of nitrogens with zero attached hydrogens (tertiary/aromatic N) is 5. The summed E-state index contributed by atoms with van der Waals surface area (Å²) in [6, 6.07) is 5.31. The van der Waals surface area contributed by atoms with Gasteiger partial charge in [0.1, 0.15) is 30.0 Å². The lowest BCUT2D eigenvalue weighted by Gasteiger charge is -2.49. The zero-order chi connectivity index (χ0) is 30.2. The highest BCUT2D eigenvalue weighted by atomic mass is 35.5. The Morgan fingerprint density at radius 2 is 1.98 bits per heavy atom. The molecule has 1 atom stereocenters. The molecule has 5 rings (SSSR count). The van der Waals surface area contributed by atoms with Gasteiger partial charge in [-0.15, -0.1) is 0 Å². The Kier molecular flexibility index (Phi) is 8.63. The lowest BCUT2D eigenvalue weighted by molar-refractivity contribution is 0.0780. The standard InChI is InChI=1S/C30H39ClN6O5/c1-17(2)41-29(39)36-10-9-30(14-36)15-37(16-30)28-18(3)26(25-19(4)35-42-20(25)5)33-27(34-28)23-11-22(7-8-24(23)31)40-13-21(38)12-32-6/h7-8,11,17,21,32,38H,9-10,12-16H2,1-6H3/t21-/m1/s1. The molecule has 0 unspecified atom stereocenters. The average molecular weight is 599 g/mol. The second-order valence-electron chi connectivity index (χ2n) is 11.7. The van der Waals surface area contributed by atoms with Crippen LogP contribution in [0.25, 0.3) is 22.6 Å². The summed E-state index contributed by atoms with van der Waals surface area (Å²) in [5.74, 6) is 2.47. The number of hydrogen-bond acceptors (Lipinski definition) is 10. The van der Waals surface area contributed by atoms with Crippen molar-refractivity contribution >= 4 is 23.5 Å². The van der Waals surface area contributed by atoms with Crippen LogP contribution in [-0.4, -0.2) is 89.8 Å². The Morgan fingerprint density at radius 1 is 1.21 bits per heavy atom. The van der Waals surface area contributed by atoms with E-state index in [1.807, 2.05) is 39.5 Å². The van der Waals surface area contributed by atoms with Gasteiger partial charge in [0, 0.05) is 49.3 Å². The number of carbonyl (C=O) groups excluding carboxylic acids is 1. The molecule has 3 aromatic rings. The van der Waals surface area contributed by atoms with E-state index in [0.29, 0.717) is 47.6 Å². The predicted octanol–water partition coefficient (Wildman–Crippen LogP) is 4.39. The number of anilines is 1. The number of aliphatic hydroxyl groups is 1. The minimum Gasteiger partial charge on any atom is -0.491 e. The van der Waals surface area contributed by atoms with Crippen LogP contribution >= 0.6 is 11.6 Å². The molecule has 12 heteroatoms. The largest absolute Gasteiger partial charge is 0.491 e. The molecule has 0 radical (unpaired) electrons. The maximum absolute atomic E-state index is 12.5. The van der Waals surface area contributed by atoms with Gasteiger partial charge in [-0.25, -0.2) is 14.8 Å². The van der Waals surface area contributed by atoms with Crippen LogP contribution in [0.2, 0.25) is 5.02 Å². The molecule has 11 nitrogen and oxygen atoms in total. The Bertz CT molecular complexity index is 1430. The van der Waals surface area contributed by atoms with E-state index >= 15 is 0 Å². The molecule has 4 heterocycles. The molecular formula is C30H39ClN6O5. The summed E-state index contributed by atoms with van der Waals surface area (Å²) in [4.78, 5) is 26.6. The normalized spacial score (nSPS) is 16.7. The number of amides is 1. The van der Waals surface area contributed by atoms with E-state index in [0.717, 1.165) is 47.8 Å². The van der Waals surface area contributed by atoms with Gasteiger partial charge in [0.2, 0.25) is 0 Å². The summed E-state index contributed by atoms with van der Waals surface area (Å²) in [5.41, 5.74) is 3.82. The number of benzene rings is 1. The fraction of sp³-hybridized carbons (Fsp3) is 0.533. The third kappa shape index (κ3) is 6.04. The molecule has 2 aliphatic heterocycles. The molecule has 0 bridgehead atoms. The number of ether oxygens (including phenoxy) is 2. The van der Waals surface area contributed by atoms with Crippen LogP contribution < -0.4 is 15.0 Å². The molecule has 2 N–H and O–H groups in total. The van der Waals surface area contributed by atoms with Crippen molar-refractivity contribution in [1.82, 2.24) is 25.3 Å². The third-order valence-corrected chi connectivity index (χ3v) is 8.17. The molecule has 2 aliphatic rings. The van der Waals surface area contributed by atoms with Crippen LogP contribution in [0.4, 0.5) is 10.6 Å². The van der Waals surface area contributed by atoms with Gasteiger partial charge in [0.15, 0.2) is 5.82 Å². The van der Waals surface area contributed by atoms with E-state index in [4.69, 9.17) is 35.6 Å². The zero-order valence-electron chi connectivity index (χ0n) is 25.0.